The Labute approximate surface area is 134 Å². The van der Waals surface area contributed by atoms with Crippen LogP contribution in [0, 0.1) is 0 Å². The Hall–Kier alpha value is -2.21. The van der Waals surface area contributed by atoms with Crippen molar-refractivity contribution in [1.29, 1.82) is 0 Å². The highest BCUT2D eigenvalue weighted by atomic mass is 79.9. The number of hydrogen-bond acceptors (Lipinski definition) is 3. The highest BCUT2D eigenvalue weighted by Gasteiger charge is 2.09. The second-order valence-corrected chi connectivity index (χ2v) is 5.04. The average Bonchev–Trinajstić information content (AvgIpc) is 2.48. The van der Waals surface area contributed by atoms with Crippen molar-refractivity contribution in [3.05, 3.63) is 64.6 Å². The molecule has 0 amide bonds. The van der Waals surface area contributed by atoms with E-state index in [-0.39, 0.29) is 5.75 Å². The molecule has 0 aliphatic rings. The molecule has 0 fully saturated rings. The van der Waals surface area contributed by atoms with Gasteiger partial charge in [0, 0.05) is 16.1 Å². The molecule has 2 rings (SSSR count). The molecule has 0 unspecified atom stereocenters. The standard InChI is InChI=1S/C16H11BrF2O3/c17-12-7-8-14(22-16(18)19)11(10-12)6-9-15(20)21-13-4-2-1-3-5-13/h1-10,16H/b9-6+. The van der Waals surface area contributed by atoms with Gasteiger partial charge in [0.15, 0.2) is 0 Å². The maximum absolute atomic E-state index is 12.3. The Morgan fingerprint density at radius 1 is 1.14 bits per heavy atom. The average molecular weight is 369 g/mol. The van der Waals surface area contributed by atoms with Gasteiger partial charge in [0.25, 0.3) is 0 Å². The topological polar surface area (TPSA) is 35.5 Å². The lowest BCUT2D eigenvalue weighted by molar-refractivity contribution is -0.128. The molecule has 22 heavy (non-hydrogen) atoms. The molecule has 0 saturated carbocycles. The van der Waals surface area contributed by atoms with Gasteiger partial charge in [-0.15, -0.1) is 0 Å². The SMILES string of the molecule is O=C(/C=C/c1cc(Br)ccc1OC(F)F)Oc1ccccc1. The summed E-state index contributed by atoms with van der Waals surface area (Å²) in [7, 11) is 0. The van der Waals surface area contributed by atoms with E-state index in [2.05, 4.69) is 20.7 Å². The van der Waals surface area contributed by atoms with Crippen LogP contribution in [0.2, 0.25) is 0 Å². The number of rotatable bonds is 5. The molecule has 0 heterocycles. The minimum atomic E-state index is -2.94. The van der Waals surface area contributed by atoms with Gasteiger partial charge < -0.3 is 9.47 Å². The number of hydrogen-bond donors (Lipinski definition) is 0. The van der Waals surface area contributed by atoms with Crippen LogP contribution in [0.5, 0.6) is 11.5 Å². The Balaban J connectivity index is 2.11. The molecule has 114 valence electrons. The molecule has 3 nitrogen and oxygen atoms in total. The zero-order chi connectivity index (χ0) is 15.9. The number of benzene rings is 2. The number of carbonyl (C=O) groups is 1. The van der Waals surface area contributed by atoms with E-state index in [1.54, 1.807) is 42.5 Å². The zero-order valence-electron chi connectivity index (χ0n) is 11.2. The third kappa shape index (κ3) is 4.96. The Morgan fingerprint density at radius 3 is 2.55 bits per heavy atom. The minimum absolute atomic E-state index is 0.0260. The molecule has 0 aromatic heterocycles. The predicted molar refractivity (Wildman–Crippen MR) is 81.9 cm³/mol. The lowest BCUT2D eigenvalue weighted by Crippen LogP contribution is -2.05. The van der Waals surface area contributed by atoms with Crippen molar-refractivity contribution >= 4 is 28.0 Å². The number of alkyl halides is 2. The van der Waals surface area contributed by atoms with Crippen molar-refractivity contribution in [2.75, 3.05) is 0 Å². The van der Waals surface area contributed by atoms with Gasteiger partial charge in [-0.05, 0) is 36.4 Å². The number of carbonyl (C=O) groups excluding carboxylic acids is 1. The van der Waals surface area contributed by atoms with Crippen LogP contribution in [0.3, 0.4) is 0 Å². The van der Waals surface area contributed by atoms with E-state index in [9.17, 15) is 13.6 Å². The second-order valence-electron chi connectivity index (χ2n) is 4.13. The van der Waals surface area contributed by atoms with Gasteiger partial charge in [-0.25, -0.2) is 4.79 Å². The summed E-state index contributed by atoms with van der Waals surface area (Å²) in [6, 6.07) is 13.0. The first kappa shape index (κ1) is 16.2. The fourth-order valence-electron chi connectivity index (χ4n) is 1.65. The molecule has 0 bridgehead atoms. The third-order valence-corrected chi connectivity index (χ3v) is 3.04. The maximum Gasteiger partial charge on any atom is 0.387 e. The molecule has 6 heteroatoms. The molecule has 2 aromatic rings. The number of esters is 1. The quantitative estimate of drug-likeness (QED) is 0.437. The van der Waals surface area contributed by atoms with Crippen LogP contribution in [0.15, 0.2) is 59.1 Å². The summed E-state index contributed by atoms with van der Waals surface area (Å²) in [4.78, 5) is 11.7. The van der Waals surface area contributed by atoms with Crippen molar-refractivity contribution in [2.24, 2.45) is 0 Å². The monoisotopic (exact) mass is 368 g/mol. The second kappa shape index (κ2) is 7.70. The fourth-order valence-corrected chi connectivity index (χ4v) is 2.03. The van der Waals surface area contributed by atoms with Crippen molar-refractivity contribution in [1.82, 2.24) is 0 Å². The van der Waals surface area contributed by atoms with Gasteiger partial charge in [0.05, 0.1) is 0 Å². The van der Waals surface area contributed by atoms with E-state index >= 15 is 0 Å². The maximum atomic E-state index is 12.3. The molecule has 0 radical (unpaired) electrons. The van der Waals surface area contributed by atoms with Gasteiger partial charge in [0.1, 0.15) is 11.5 Å². The van der Waals surface area contributed by atoms with Crippen molar-refractivity contribution in [2.45, 2.75) is 6.61 Å². The summed E-state index contributed by atoms with van der Waals surface area (Å²) in [5.74, 6) is -0.244. The Kier molecular flexibility index (Phi) is 5.66. The molecular weight excluding hydrogens is 358 g/mol. The van der Waals surface area contributed by atoms with Gasteiger partial charge >= 0.3 is 12.6 Å². The van der Waals surface area contributed by atoms with Crippen LogP contribution < -0.4 is 9.47 Å². The lowest BCUT2D eigenvalue weighted by atomic mass is 10.2. The summed E-state index contributed by atoms with van der Waals surface area (Å²) < 4.78 is 34.8. The Bertz CT molecular complexity index is 672. The summed E-state index contributed by atoms with van der Waals surface area (Å²) >= 11 is 3.23. The molecule has 0 saturated heterocycles. The molecule has 0 aliphatic heterocycles. The van der Waals surface area contributed by atoms with E-state index in [0.29, 0.717) is 15.8 Å². The first-order valence-electron chi connectivity index (χ1n) is 6.24. The molecule has 0 aliphatic carbocycles. The Morgan fingerprint density at radius 2 is 1.86 bits per heavy atom. The number of para-hydroxylation sites is 1. The van der Waals surface area contributed by atoms with Crippen LogP contribution in [-0.2, 0) is 4.79 Å². The lowest BCUT2D eigenvalue weighted by Gasteiger charge is -2.08. The molecular formula is C16H11BrF2O3. The number of halogens is 3. The minimum Gasteiger partial charge on any atom is -0.434 e. The molecule has 0 spiro atoms. The molecule has 0 atom stereocenters. The van der Waals surface area contributed by atoms with Gasteiger partial charge in [-0.2, -0.15) is 8.78 Å². The smallest absolute Gasteiger partial charge is 0.387 e. The van der Waals surface area contributed by atoms with E-state index in [1.807, 2.05) is 0 Å². The summed E-state index contributed by atoms with van der Waals surface area (Å²) in [5.41, 5.74) is 0.333. The van der Waals surface area contributed by atoms with Gasteiger partial charge in [-0.1, -0.05) is 34.1 Å². The van der Waals surface area contributed by atoms with Crippen molar-refractivity contribution in [3.63, 3.8) is 0 Å². The third-order valence-electron chi connectivity index (χ3n) is 2.55. The molecule has 0 N–H and O–H groups in total. The van der Waals surface area contributed by atoms with Crippen molar-refractivity contribution < 1.29 is 23.0 Å². The van der Waals surface area contributed by atoms with Crippen LogP contribution in [0.1, 0.15) is 5.56 Å². The van der Waals surface area contributed by atoms with Crippen LogP contribution in [-0.4, -0.2) is 12.6 Å². The highest BCUT2D eigenvalue weighted by Crippen LogP contribution is 2.26. The first-order chi connectivity index (χ1) is 10.5. The van der Waals surface area contributed by atoms with Gasteiger partial charge in [-0.3, -0.25) is 0 Å². The summed E-state index contributed by atoms with van der Waals surface area (Å²) in [6.07, 6.45) is 2.50. The number of ether oxygens (including phenoxy) is 2. The normalized spacial score (nSPS) is 10.9. The van der Waals surface area contributed by atoms with Gasteiger partial charge in [0.2, 0.25) is 0 Å². The van der Waals surface area contributed by atoms with Crippen LogP contribution >= 0.6 is 15.9 Å². The van der Waals surface area contributed by atoms with E-state index < -0.39 is 12.6 Å². The van der Waals surface area contributed by atoms with Crippen LogP contribution in [0.4, 0.5) is 8.78 Å². The molecule has 2 aromatic carbocycles. The fraction of sp³-hybridized carbons (Fsp3) is 0.0625. The summed E-state index contributed by atoms with van der Waals surface area (Å²) in [5, 5.41) is 0. The van der Waals surface area contributed by atoms with E-state index in [0.717, 1.165) is 6.08 Å². The van der Waals surface area contributed by atoms with E-state index in [4.69, 9.17) is 4.74 Å². The highest BCUT2D eigenvalue weighted by molar-refractivity contribution is 9.10. The van der Waals surface area contributed by atoms with E-state index in [1.165, 1.54) is 12.1 Å². The largest absolute Gasteiger partial charge is 0.434 e. The zero-order valence-corrected chi connectivity index (χ0v) is 12.8. The van der Waals surface area contributed by atoms with Crippen molar-refractivity contribution in [3.8, 4) is 11.5 Å². The first-order valence-corrected chi connectivity index (χ1v) is 7.03. The predicted octanol–water partition coefficient (Wildman–Crippen LogP) is 4.67. The summed E-state index contributed by atoms with van der Waals surface area (Å²) in [6.45, 7) is -2.94. The van der Waals surface area contributed by atoms with Crippen LogP contribution in [0.25, 0.3) is 6.08 Å².